The molecule has 1 atom stereocenters. The molecule has 7 heteroatoms. The van der Waals surface area contributed by atoms with Gasteiger partial charge in [-0.2, -0.15) is 0 Å². The fourth-order valence-electron chi connectivity index (χ4n) is 2.75. The van der Waals surface area contributed by atoms with Gasteiger partial charge < -0.3 is 4.98 Å². The molecule has 1 aromatic heterocycles. The molecule has 0 bridgehead atoms. The number of carbonyl (C=O) groups excluding carboxylic acids is 2. The normalized spacial score (nSPS) is 17.8. The number of imide groups is 1. The number of rotatable bonds is 2. The van der Waals surface area contributed by atoms with Gasteiger partial charge in [-0.05, 0) is 35.9 Å². The molecule has 114 valence electrons. The van der Waals surface area contributed by atoms with Crippen molar-refractivity contribution < 1.29 is 9.59 Å². The summed E-state index contributed by atoms with van der Waals surface area (Å²) in [5.74, 6) is -0.362. The van der Waals surface area contributed by atoms with Crippen LogP contribution in [0, 0.1) is 0 Å². The Kier molecular flexibility index (Phi) is 3.06. The van der Waals surface area contributed by atoms with E-state index in [1.807, 2.05) is 6.07 Å². The molecule has 4 rings (SSSR count). The third-order valence-electron chi connectivity index (χ3n) is 3.82. The summed E-state index contributed by atoms with van der Waals surface area (Å²) in [5.41, 5.74) is 2.89. The zero-order valence-electron chi connectivity index (χ0n) is 11.8. The van der Waals surface area contributed by atoms with Crippen molar-refractivity contribution in [3.05, 3.63) is 59.4 Å². The van der Waals surface area contributed by atoms with Gasteiger partial charge in [0.25, 0.3) is 5.91 Å². The average Bonchev–Trinajstić information content (AvgIpc) is 3.11. The Bertz CT molecular complexity index is 919. The number of benzene rings is 2. The minimum Gasteiger partial charge on any atom is -0.345 e. The van der Waals surface area contributed by atoms with Crippen LogP contribution in [0.15, 0.2) is 48.8 Å². The number of hydrogen-bond donors (Lipinski definition) is 2. The summed E-state index contributed by atoms with van der Waals surface area (Å²) in [6, 6.07) is 11.1. The largest absolute Gasteiger partial charge is 0.345 e. The fourth-order valence-corrected chi connectivity index (χ4v) is 2.88. The number of urea groups is 1. The van der Waals surface area contributed by atoms with E-state index in [9.17, 15) is 9.59 Å². The molecule has 2 N–H and O–H groups in total. The molecule has 3 amide bonds. The van der Waals surface area contributed by atoms with E-state index >= 15 is 0 Å². The molecule has 1 saturated heterocycles. The molecule has 0 spiro atoms. The Morgan fingerprint density at radius 2 is 1.87 bits per heavy atom. The summed E-state index contributed by atoms with van der Waals surface area (Å²) in [4.78, 5) is 33.1. The van der Waals surface area contributed by atoms with Crippen LogP contribution >= 0.6 is 11.6 Å². The van der Waals surface area contributed by atoms with Crippen LogP contribution in [0.5, 0.6) is 0 Å². The SMILES string of the molecule is O=C1NC(=O)N(c2ccc3[nH]cnc3c2)C1c1ccc(Cl)cc1. The number of nitrogens with one attached hydrogen (secondary N) is 2. The lowest BCUT2D eigenvalue weighted by molar-refractivity contribution is -0.119. The minimum absolute atomic E-state index is 0.362. The minimum atomic E-state index is -0.726. The zero-order chi connectivity index (χ0) is 16.0. The summed E-state index contributed by atoms with van der Waals surface area (Å²) in [6.07, 6.45) is 1.58. The Balaban J connectivity index is 1.81. The number of carbonyl (C=O) groups is 2. The van der Waals surface area contributed by atoms with Crippen LogP contribution in [0.1, 0.15) is 11.6 Å². The molecule has 1 aliphatic heterocycles. The molecule has 0 saturated carbocycles. The van der Waals surface area contributed by atoms with Crippen LogP contribution < -0.4 is 10.2 Å². The molecule has 2 aromatic carbocycles. The Morgan fingerprint density at radius 1 is 1.09 bits per heavy atom. The van der Waals surface area contributed by atoms with Gasteiger partial charge in [-0.3, -0.25) is 15.0 Å². The van der Waals surface area contributed by atoms with Crippen LogP contribution in [-0.4, -0.2) is 21.9 Å². The van der Waals surface area contributed by atoms with E-state index in [4.69, 9.17) is 11.6 Å². The third kappa shape index (κ3) is 2.24. The predicted octanol–water partition coefficient (Wildman–Crippen LogP) is 3.01. The van der Waals surface area contributed by atoms with Gasteiger partial charge in [0.1, 0.15) is 6.04 Å². The van der Waals surface area contributed by atoms with E-state index in [2.05, 4.69) is 15.3 Å². The molecular formula is C16H11ClN4O2. The van der Waals surface area contributed by atoms with E-state index < -0.39 is 12.1 Å². The summed E-state index contributed by atoms with van der Waals surface area (Å²) in [5, 5.41) is 2.93. The molecule has 1 fully saturated rings. The molecule has 0 radical (unpaired) electrons. The average molecular weight is 327 g/mol. The number of halogens is 1. The fraction of sp³-hybridized carbons (Fsp3) is 0.0625. The Hall–Kier alpha value is -2.86. The van der Waals surface area contributed by atoms with Crippen LogP contribution in [0.25, 0.3) is 11.0 Å². The van der Waals surface area contributed by atoms with Crippen molar-refractivity contribution in [3.8, 4) is 0 Å². The van der Waals surface area contributed by atoms with E-state index in [0.717, 1.165) is 11.0 Å². The maximum Gasteiger partial charge on any atom is 0.329 e. The van der Waals surface area contributed by atoms with Crippen molar-refractivity contribution in [1.29, 1.82) is 0 Å². The van der Waals surface area contributed by atoms with Gasteiger partial charge in [0.15, 0.2) is 0 Å². The van der Waals surface area contributed by atoms with Crippen molar-refractivity contribution in [1.82, 2.24) is 15.3 Å². The molecule has 1 aliphatic rings. The quantitative estimate of drug-likeness (QED) is 0.711. The molecule has 3 aromatic rings. The highest BCUT2D eigenvalue weighted by molar-refractivity contribution is 6.30. The maximum atomic E-state index is 12.2. The standard InChI is InChI=1S/C16H11ClN4O2/c17-10-3-1-9(2-4-10)14-15(22)20-16(23)21(14)11-5-6-12-13(7-11)19-8-18-12/h1-8,14H,(H,18,19)(H,20,22,23). The van der Waals surface area contributed by atoms with E-state index in [0.29, 0.717) is 16.3 Å². The molecule has 2 heterocycles. The summed E-state index contributed by atoms with van der Waals surface area (Å²) >= 11 is 5.90. The molecule has 6 nitrogen and oxygen atoms in total. The first-order valence-corrected chi connectivity index (χ1v) is 7.34. The number of anilines is 1. The van der Waals surface area contributed by atoms with Gasteiger partial charge in [-0.25, -0.2) is 9.78 Å². The number of aromatic nitrogens is 2. The lowest BCUT2D eigenvalue weighted by atomic mass is 10.1. The second-order valence-corrected chi connectivity index (χ2v) is 5.66. The van der Waals surface area contributed by atoms with Crippen LogP contribution in [-0.2, 0) is 4.79 Å². The van der Waals surface area contributed by atoms with E-state index in [1.165, 1.54) is 4.90 Å². The monoisotopic (exact) mass is 326 g/mol. The zero-order valence-corrected chi connectivity index (χ0v) is 12.5. The number of fused-ring (bicyclic) bond motifs is 1. The van der Waals surface area contributed by atoms with Gasteiger partial charge >= 0.3 is 6.03 Å². The molecule has 0 aliphatic carbocycles. The molecule has 23 heavy (non-hydrogen) atoms. The van der Waals surface area contributed by atoms with Crippen molar-refractivity contribution >= 4 is 40.3 Å². The van der Waals surface area contributed by atoms with Gasteiger partial charge in [0, 0.05) is 10.7 Å². The van der Waals surface area contributed by atoms with Crippen LogP contribution in [0.4, 0.5) is 10.5 Å². The second kappa shape index (κ2) is 5.10. The Morgan fingerprint density at radius 3 is 2.65 bits per heavy atom. The lowest BCUT2D eigenvalue weighted by Crippen LogP contribution is -2.29. The van der Waals surface area contributed by atoms with Gasteiger partial charge in [0.2, 0.25) is 0 Å². The first kappa shape index (κ1) is 13.8. The highest BCUT2D eigenvalue weighted by Gasteiger charge is 2.40. The second-order valence-electron chi connectivity index (χ2n) is 5.22. The lowest BCUT2D eigenvalue weighted by Gasteiger charge is -2.22. The Labute approximate surface area is 136 Å². The third-order valence-corrected chi connectivity index (χ3v) is 4.08. The maximum absolute atomic E-state index is 12.2. The first-order chi connectivity index (χ1) is 11.1. The molecular weight excluding hydrogens is 316 g/mol. The first-order valence-electron chi connectivity index (χ1n) is 6.96. The number of hydrogen-bond acceptors (Lipinski definition) is 3. The van der Waals surface area contributed by atoms with Crippen LogP contribution in [0.3, 0.4) is 0 Å². The van der Waals surface area contributed by atoms with Crippen molar-refractivity contribution in [2.45, 2.75) is 6.04 Å². The van der Waals surface area contributed by atoms with Gasteiger partial charge in [0.05, 0.1) is 17.4 Å². The predicted molar refractivity (Wildman–Crippen MR) is 86.3 cm³/mol. The highest BCUT2D eigenvalue weighted by atomic mass is 35.5. The molecule has 1 unspecified atom stereocenters. The smallest absolute Gasteiger partial charge is 0.329 e. The highest BCUT2D eigenvalue weighted by Crippen LogP contribution is 2.33. The summed E-state index contributed by atoms with van der Waals surface area (Å²) in [7, 11) is 0. The number of aromatic amines is 1. The van der Waals surface area contributed by atoms with Crippen molar-refractivity contribution in [2.75, 3.05) is 4.90 Å². The van der Waals surface area contributed by atoms with Crippen LogP contribution in [0.2, 0.25) is 5.02 Å². The number of imidazole rings is 1. The number of H-pyrrole nitrogens is 1. The number of nitrogens with zero attached hydrogens (tertiary/aromatic N) is 2. The van der Waals surface area contributed by atoms with Gasteiger partial charge in [-0.15, -0.1) is 0 Å². The summed E-state index contributed by atoms with van der Waals surface area (Å²) < 4.78 is 0. The topological polar surface area (TPSA) is 78.1 Å². The van der Waals surface area contributed by atoms with Crippen molar-refractivity contribution in [2.24, 2.45) is 0 Å². The van der Waals surface area contributed by atoms with Crippen molar-refractivity contribution in [3.63, 3.8) is 0 Å². The van der Waals surface area contributed by atoms with E-state index in [1.54, 1.807) is 42.7 Å². The van der Waals surface area contributed by atoms with E-state index in [-0.39, 0.29) is 5.91 Å². The van der Waals surface area contributed by atoms with Gasteiger partial charge in [-0.1, -0.05) is 23.7 Å². The number of amides is 3. The summed E-state index contributed by atoms with van der Waals surface area (Å²) in [6.45, 7) is 0.